The van der Waals surface area contributed by atoms with Crippen molar-refractivity contribution in [3.05, 3.63) is 95.8 Å². The van der Waals surface area contributed by atoms with Crippen LogP contribution in [0.5, 0.6) is 5.75 Å². The van der Waals surface area contributed by atoms with Gasteiger partial charge in [0.1, 0.15) is 24.0 Å². The molecule has 0 bridgehead atoms. The van der Waals surface area contributed by atoms with Gasteiger partial charge in [0, 0.05) is 30.9 Å². The molecule has 0 saturated carbocycles. The maximum Gasteiger partial charge on any atom is 0.248 e. The normalized spacial score (nSPS) is 13.2. The van der Waals surface area contributed by atoms with E-state index in [4.69, 9.17) is 4.74 Å². The maximum atomic E-state index is 14.7. The minimum Gasteiger partial charge on any atom is -0.487 e. The number of aromatic nitrogens is 4. The van der Waals surface area contributed by atoms with E-state index in [9.17, 15) is 9.18 Å². The van der Waals surface area contributed by atoms with Crippen LogP contribution < -0.4 is 10.1 Å². The summed E-state index contributed by atoms with van der Waals surface area (Å²) in [6.07, 6.45) is 8.91. The van der Waals surface area contributed by atoms with Gasteiger partial charge in [0.25, 0.3) is 0 Å². The lowest BCUT2D eigenvalue weighted by molar-refractivity contribution is -0.111. The highest BCUT2D eigenvalue weighted by Crippen LogP contribution is 2.27. The van der Waals surface area contributed by atoms with E-state index in [-0.39, 0.29) is 5.91 Å². The number of rotatable bonds is 7. The van der Waals surface area contributed by atoms with Crippen LogP contribution in [0.3, 0.4) is 0 Å². The fraction of sp³-hybridized carbons (Fsp3) is 0.214. The molecular weight excluding hydrogens is 457 g/mol. The minimum atomic E-state index is -0.395. The second-order valence-electron chi connectivity index (χ2n) is 8.60. The number of carbonyl (C=O) groups excluding carboxylic acids is 1. The minimum absolute atomic E-state index is 0.317. The lowest BCUT2D eigenvalue weighted by atomic mass is 10.1. The molecule has 0 aliphatic carbocycles. The molecule has 0 atom stereocenters. The van der Waals surface area contributed by atoms with Crippen LogP contribution in [0, 0.1) is 5.82 Å². The summed E-state index contributed by atoms with van der Waals surface area (Å²) in [5.41, 5.74) is 2.52. The number of benzene rings is 2. The second-order valence-corrected chi connectivity index (χ2v) is 8.60. The lowest BCUT2D eigenvalue weighted by Crippen LogP contribution is -2.09. The van der Waals surface area contributed by atoms with Crippen molar-refractivity contribution in [3.63, 3.8) is 0 Å². The van der Waals surface area contributed by atoms with Crippen molar-refractivity contribution in [2.24, 2.45) is 0 Å². The van der Waals surface area contributed by atoms with E-state index in [1.807, 2.05) is 47.0 Å². The van der Waals surface area contributed by atoms with Crippen LogP contribution in [-0.2, 0) is 24.4 Å². The van der Waals surface area contributed by atoms with Crippen molar-refractivity contribution in [2.45, 2.75) is 38.8 Å². The SMILES string of the molecule is O=C(/C=C/c1ccc(OCc2ccccn2)cc1)Nc1ccc(F)c(-c2nnc3n2CCCCC3)c1. The van der Waals surface area contributed by atoms with Gasteiger partial charge in [-0.25, -0.2) is 4.39 Å². The molecule has 1 aliphatic rings. The summed E-state index contributed by atoms with van der Waals surface area (Å²) < 4.78 is 22.4. The molecule has 0 spiro atoms. The van der Waals surface area contributed by atoms with Gasteiger partial charge >= 0.3 is 0 Å². The first-order chi connectivity index (χ1) is 17.7. The Morgan fingerprint density at radius 2 is 1.94 bits per heavy atom. The summed E-state index contributed by atoms with van der Waals surface area (Å²) >= 11 is 0. The molecule has 1 amide bonds. The van der Waals surface area contributed by atoms with Gasteiger partial charge in [-0.1, -0.05) is 24.6 Å². The van der Waals surface area contributed by atoms with Gasteiger partial charge in [-0.2, -0.15) is 0 Å². The number of nitrogens with one attached hydrogen (secondary N) is 1. The van der Waals surface area contributed by atoms with Gasteiger partial charge in [-0.15, -0.1) is 10.2 Å². The van der Waals surface area contributed by atoms with Crippen LogP contribution >= 0.6 is 0 Å². The number of pyridine rings is 1. The lowest BCUT2D eigenvalue weighted by Gasteiger charge is -2.10. The number of carbonyl (C=O) groups is 1. The summed E-state index contributed by atoms with van der Waals surface area (Å²) in [5.74, 6) is 1.39. The molecular formula is C28H26FN5O2. The number of fused-ring (bicyclic) bond motifs is 1. The zero-order chi connectivity index (χ0) is 24.7. The quantitative estimate of drug-likeness (QED) is 0.354. The van der Waals surface area contributed by atoms with Gasteiger partial charge in [0.2, 0.25) is 5.91 Å². The van der Waals surface area contributed by atoms with Crippen molar-refractivity contribution >= 4 is 17.7 Å². The number of halogens is 1. The molecule has 0 saturated heterocycles. The first kappa shape index (κ1) is 23.4. The van der Waals surface area contributed by atoms with Gasteiger partial charge in [0.15, 0.2) is 5.82 Å². The first-order valence-corrected chi connectivity index (χ1v) is 12.0. The highest BCUT2D eigenvalue weighted by molar-refractivity contribution is 6.02. The molecule has 2 aromatic heterocycles. The molecule has 3 heterocycles. The predicted octanol–water partition coefficient (Wildman–Crippen LogP) is 5.44. The number of nitrogens with zero attached hydrogens (tertiary/aromatic N) is 4. The number of aryl methyl sites for hydroxylation is 1. The summed E-state index contributed by atoms with van der Waals surface area (Å²) in [5, 5.41) is 11.3. The molecule has 2 aromatic carbocycles. The largest absolute Gasteiger partial charge is 0.487 e. The molecule has 1 N–H and O–H groups in total. The monoisotopic (exact) mass is 483 g/mol. The van der Waals surface area contributed by atoms with E-state index >= 15 is 0 Å². The van der Waals surface area contributed by atoms with Gasteiger partial charge in [-0.05, 0) is 66.9 Å². The summed E-state index contributed by atoms with van der Waals surface area (Å²) in [4.78, 5) is 16.7. The van der Waals surface area contributed by atoms with Crippen LogP contribution in [0.25, 0.3) is 17.5 Å². The van der Waals surface area contributed by atoms with E-state index < -0.39 is 5.82 Å². The first-order valence-electron chi connectivity index (χ1n) is 12.0. The van der Waals surface area contributed by atoms with Gasteiger partial charge in [-0.3, -0.25) is 9.78 Å². The van der Waals surface area contributed by atoms with Gasteiger partial charge in [0.05, 0.1) is 11.3 Å². The van der Waals surface area contributed by atoms with Gasteiger partial charge < -0.3 is 14.6 Å². The van der Waals surface area contributed by atoms with E-state index in [2.05, 4.69) is 20.5 Å². The second kappa shape index (κ2) is 10.9. The number of amides is 1. The topological polar surface area (TPSA) is 81.9 Å². The fourth-order valence-electron chi connectivity index (χ4n) is 4.13. The van der Waals surface area contributed by atoms with Crippen LogP contribution in [0.2, 0.25) is 0 Å². The number of hydrogen-bond donors (Lipinski definition) is 1. The maximum absolute atomic E-state index is 14.7. The summed E-state index contributed by atoms with van der Waals surface area (Å²) in [7, 11) is 0. The highest BCUT2D eigenvalue weighted by Gasteiger charge is 2.19. The predicted molar refractivity (Wildman–Crippen MR) is 136 cm³/mol. The third kappa shape index (κ3) is 5.66. The van der Waals surface area contributed by atoms with Crippen molar-refractivity contribution in [2.75, 3.05) is 5.32 Å². The smallest absolute Gasteiger partial charge is 0.248 e. The van der Waals surface area contributed by atoms with E-state index in [0.717, 1.165) is 49.3 Å². The molecule has 36 heavy (non-hydrogen) atoms. The third-order valence-electron chi connectivity index (χ3n) is 6.00. The summed E-state index contributed by atoms with van der Waals surface area (Å²) in [6, 6.07) is 17.6. The number of anilines is 1. The Hall–Kier alpha value is -4.33. The zero-order valence-corrected chi connectivity index (χ0v) is 19.7. The molecule has 1 aliphatic heterocycles. The van der Waals surface area contributed by atoms with Crippen molar-refractivity contribution in [3.8, 4) is 17.1 Å². The Kier molecular flexibility index (Phi) is 7.12. The Bertz CT molecular complexity index is 1370. The third-order valence-corrected chi connectivity index (χ3v) is 6.00. The Morgan fingerprint density at radius 1 is 1.06 bits per heavy atom. The highest BCUT2D eigenvalue weighted by atomic mass is 19.1. The average molecular weight is 484 g/mol. The van der Waals surface area contributed by atoms with Crippen LogP contribution in [0.1, 0.15) is 36.3 Å². The molecule has 0 radical (unpaired) electrons. The molecule has 7 nitrogen and oxygen atoms in total. The fourth-order valence-corrected chi connectivity index (χ4v) is 4.13. The standard InChI is InChI=1S/C28H26FN5O2/c29-25-14-11-21(18-24(25)28-33-32-26-7-2-1-5-17-34(26)28)31-27(35)15-10-20-8-12-23(13-9-20)36-19-22-6-3-4-16-30-22/h3-4,6,8-16,18H,1-2,5,7,17,19H2,(H,31,35)/b15-10+. The van der Waals surface area contributed by atoms with Crippen molar-refractivity contribution in [1.82, 2.24) is 19.7 Å². The average Bonchev–Trinajstić information content (AvgIpc) is 3.16. The molecule has 8 heteroatoms. The molecule has 0 unspecified atom stereocenters. The Balaban J connectivity index is 1.22. The van der Waals surface area contributed by atoms with Crippen LogP contribution in [-0.4, -0.2) is 25.7 Å². The van der Waals surface area contributed by atoms with E-state index in [1.54, 1.807) is 18.3 Å². The van der Waals surface area contributed by atoms with Crippen LogP contribution in [0.4, 0.5) is 10.1 Å². The molecule has 0 fully saturated rings. The van der Waals surface area contributed by atoms with E-state index in [0.29, 0.717) is 29.4 Å². The number of ether oxygens (including phenoxy) is 1. The molecule has 5 rings (SSSR count). The Labute approximate surface area is 208 Å². The van der Waals surface area contributed by atoms with Crippen molar-refractivity contribution in [1.29, 1.82) is 0 Å². The zero-order valence-electron chi connectivity index (χ0n) is 19.7. The van der Waals surface area contributed by atoms with E-state index in [1.165, 1.54) is 18.2 Å². The number of hydrogen-bond acceptors (Lipinski definition) is 5. The van der Waals surface area contributed by atoms with Crippen LogP contribution in [0.15, 0.2) is 72.9 Å². The Morgan fingerprint density at radius 3 is 2.78 bits per heavy atom. The molecule has 182 valence electrons. The summed E-state index contributed by atoms with van der Waals surface area (Å²) in [6.45, 7) is 1.15. The van der Waals surface area contributed by atoms with Crippen molar-refractivity contribution < 1.29 is 13.9 Å². The molecule has 4 aromatic rings.